The zero-order chi connectivity index (χ0) is 17.0. The number of aliphatic hydroxyl groups excluding tert-OH is 2. The van der Waals surface area contributed by atoms with Gasteiger partial charge in [0.25, 0.3) is 0 Å². The van der Waals surface area contributed by atoms with E-state index in [9.17, 15) is 19.8 Å². The molecule has 2 N–H and O–H groups in total. The van der Waals surface area contributed by atoms with Crippen molar-refractivity contribution < 1.29 is 58.8 Å². The largest absolute Gasteiger partial charge is 1.00 e. The first kappa shape index (κ1) is 20.7. The summed E-state index contributed by atoms with van der Waals surface area (Å²) < 4.78 is 10.7. The zero-order valence-electron chi connectivity index (χ0n) is 13.6. The Hall–Kier alpha value is -1.38. The number of aliphatic hydroxyl groups is 2. The molecule has 1 aromatic heterocycles. The number of carboxylic acids is 1. The van der Waals surface area contributed by atoms with E-state index in [0.29, 0.717) is 12.0 Å². The van der Waals surface area contributed by atoms with Crippen molar-refractivity contribution in [3.8, 4) is 5.75 Å². The molecule has 7 nitrogen and oxygen atoms in total. The van der Waals surface area contributed by atoms with Gasteiger partial charge in [0.05, 0.1) is 6.61 Å². The van der Waals surface area contributed by atoms with Crippen LogP contribution < -0.4 is 44.8 Å². The van der Waals surface area contributed by atoms with Gasteiger partial charge in [-0.1, -0.05) is 19.4 Å². The molecular formula is C16H17NaO7. The van der Waals surface area contributed by atoms with Crippen molar-refractivity contribution in [2.75, 3.05) is 13.2 Å². The summed E-state index contributed by atoms with van der Waals surface area (Å²) in [5.74, 6) is -1.97. The number of hydrogen-bond donors (Lipinski definition) is 2. The molecule has 0 aliphatic carbocycles. The summed E-state index contributed by atoms with van der Waals surface area (Å²) in [5.41, 5.74) is 0.240. The van der Waals surface area contributed by atoms with E-state index in [2.05, 4.69) is 0 Å². The molecule has 0 radical (unpaired) electrons. The number of benzene rings is 1. The second-order valence-corrected chi connectivity index (χ2v) is 5.09. The Labute approximate surface area is 160 Å². The predicted octanol–water partition coefficient (Wildman–Crippen LogP) is -3.15. The fraction of sp³-hybridized carbons (Fsp3) is 0.375. The second kappa shape index (κ2) is 9.19. The number of hydrogen-bond acceptors (Lipinski definition) is 7. The van der Waals surface area contributed by atoms with E-state index in [0.717, 1.165) is 12.5 Å². The zero-order valence-corrected chi connectivity index (χ0v) is 15.6. The standard InChI is InChI=1S/C16H18O7.Na/c1-2-3-9-4-5-12(22-8-10(18)7-17)14-11(19)6-13(16(20)21)23-15(9)14;/h4-6,10,17-18H,2-3,7-8H2,1H3,(H,20,21);/q;+1/p-1. The molecular weight excluding hydrogens is 327 g/mol. The van der Waals surface area contributed by atoms with E-state index in [1.165, 1.54) is 0 Å². The summed E-state index contributed by atoms with van der Waals surface area (Å²) in [5, 5.41) is 29.2. The number of aromatic carboxylic acids is 1. The minimum absolute atomic E-state index is 0. The van der Waals surface area contributed by atoms with Gasteiger partial charge >= 0.3 is 29.6 Å². The number of carbonyl (C=O) groups excluding carboxylic acids is 1. The van der Waals surface area contributed by atoms with E-state index in [1.807, 2.05) is 6.92 Å². The number of carbonyl (C=O) groups is 1. The topological polar surface area (TPSA) is 120 Å². The Morgan fingerprint density at radius 1 is 1.42 bits per heavy atom. The van der Waals surface area contributed by atoms with Crippen LogP contribution in [0.1, 0.15) is 29.5 Å². The first-order valence-electron chi connectivity index (χ1n) is 7.20. The normalized spacial score (nSPS) is 11.8. The van der Waals surface area contributed by atoms with Gasteiger partial charge in [-0.05, 0) is 18.1 Å². The molecule has 2 rings (SSSR count). The number of fused-ring (bicyclic) bond motifs is 1. The van der Waals surface area contributed by atoms with Crippen LogP contribution in [-0.2, 0) is 6.42 Å². The van der Waals surface area contributed by atoms with Gasteiger partial charge in [0.1, 0.15) is 35.4 Å². The van der Waals surface area contributed by atoms with Crippen molar-refractivity contribution in [3.05, 3.63) is 39.7 Å². The van der Waals surface area contributed by atoms with Crippen LogP contribution in [0, 0.1) is 0 Å². The Morgan fingerprint density at radius 2 is 2.12 bits per heavy atom. The van der Waals surface area contributed by atoms with Crippen LogP contribution in [0.5, 0.6) is 5.75 Å². The van der Waals surface area contributed by atoms with Gasteiger partial charge in [0, 0.05) is 6.07 Å². The van der Waals surface area contributed by atoms with E-state index < -0.39 is 29.9 Å². The molecule has 1 heterocycles. The second-order valence-electron chi connectivity index (χ2n) is 5.09. The Bertz CT molecular complexity index is 769. The third-order valence-corrected chi connectivity index (χ3v) is 3.28. The Balaban J connectivity index is 0.00000288. The minimum atomic E-state index is -1.58. The van der Waals surface area contributed by atoms with Gasteiger partial charge in [-0.15, -0.1) is 0 Å². The van der Waals surface area contributed by atoms with Crippen LogP contribution in [0.15, 0.2) is 27.4 Å². The minimum Gasteiger partial charge on any atom is -0.542 e. The van der Waals surface area contributed by atoms with E-state index >= 15 is 0 Å². The molecule has 0 bridgehead atoms. The number of carboxylic acid groups (broad SMARTS) is 1. The Morgan fingerprint density at radius 3 is 2.71 bits per heavy atom. The van der Waals surface area contributed by atoms with Crippen LogP contribution in [0.25, 0.3) is 11.0 Å². The molecule has 8 heteroatoms. The van der Waals surface area contributed by atoms with Crippen molar-refractivity contribution in [2.24, 2.45) is 0 Å². The molecule has 0 saturated carbocycles. The summed E-state index contributed by atoms with van der Waals surface area (Å²) >= 11 is 0. The monoisotopic (exact) mass is 344 g/mol. The Kier molecular flexibility index (Phi) is 7.92. The molecule has 1 atom stereocenters. The van der Waals surface area contributed by atoms with Crippen molar-refractivity contribution in [1.82, 2.24) is 0 Å². The van der Waals surface area contributed by atoms with Crippen molar-refractivity contribution in [2.45, 2.75) is 25.9 Å². The van der Waals surface area contributed by atoms with Crippen LogP contribution in [0.4, 0.5) is 0 Å². The third-order valence-electron chi connectivity index (χ3n) is 3.28. The molecule has 0 saturated heterocycles. The fourth-order valence-corrected chi connectivity index (χ4v) is 2.21. The van der Waals surface area contributed by atoms with Gasteiger partial charge in [-0.25, -0.2) is 0 Å². The number of ether oxygens (including phenoxy) is 1. The van der Waals surface area contributed by atoms with E-state index in [-0.39, 0.29) is 52.9 Å². The maximum atomic E-state index is 12.3. The molecule has 0 amide bonds. The van der Waals surface area contributed by atoms with Crippen LogP contribution in [-0.4, -0.2) is 35.5 Å². The molecule has 0 aliphatic heterocycles. The van der Waals surface area contributed by atoms with Gasteiger partial charge in [-0.2, -0.15) is 0 Å². The third kappa shape index (κ3) is 4.58. The average molecular weight is 344 g/mol. The first-order valence-corrected chi connectivity index (χ1v) is 7.20. The molecule has 24 heavy (non-hydrogen) atoms. The molecule has 0 spiro atoms. The molecule has 124 valence electrons. The van der Waals surface area contributed by atoms with Crippen molar-refractivity contribution >= 4 is 16.9 Å². The van der Waals surface area contributed by atoms with Gasteiger partial charge in [0.2, 0.25) is 0 Å². The number of rotatable bonds is 7. The molecule has 1 unspecified atom stereocenters. The SMILES string of the molecule is CCCc1ccc(OCC(O)CO)c2c(=O)cc(C(=O)[O-])oc12.[Na+]. The summed E-state index contributed by atoms with van der Waals surface area (Å²) in [6.45, 7) is 1.25. The van der Waals surface area contributed by atoms with Crippen LogP contribution in [0.3, 0.4) is 0 Å². The van der Waals surface area contributed by atoms with Gasteiger partial charge < -0.3 is 29.3 Å². The van der Waals surface area contributed by atoms with E-state index in [4.69, 9.17) is 14.3 Å². The van der Waals surface area contributed by atoms with E-state index in [1.54, 1.807) is 12.1 Å². The summed E-state index contributed by atoms with van der Waals surface area (Å²) in [6, 6.07) is 4.07. The smallest absolute Gasteiger partial charge is 0.542 e. The maximum Gasteiger partial charge on any atom is 1.00 e. The van der Waals surface area contributed by atoms with Crippen LogP contribution >= 0.6 is 0 Å². The molecule has 2 aromatic rings. The summed E-state index contributed by atoms with van der Waals surface area (Å²) in [4.78, 5) is 23.2. The maximum absolute atomic E-state index is 12.3. The number of aryl methyl sites for hydroxylation is 1. The quantitative estimate of drug-likeness (QED) is 0.509. The van der Waals surface area contributed by atoms with Gasteiger partial charge in [-0.3, -0.25) is 4.79 Å². The average Bonchev–Trinajstić information content (AvgIpc) is 2.53. The van der Waals surface area contributed by atoms with Crippen molar-refractivity contribution in [3.63, 3.8) is 0 Å². The first-order chi connectivity index (χ1) is 11.0. The van der Waals surface area contributed by atoms with Gasteiger partial charge in [0.15, 0.2) is 11.2 Å². The molecule has 1 aromatic carbocycles. The van der Waals surface area contributed by atoms with Crippen LogP contribution in [0.2, 0.25) is 0 Å². The summed E-state index contributed by atoms with van der Waals surface area (Å²) in [7, 11) is 0. The van der Waals surface area contributed by atoms with Crippen molar-refractivity contribution in [1.29, 1.82) is 0 Å². The summed E-state index contributed by atoms with van der Waals surface area (Å²) in [6.07, 6.45) is 0.280. The predicted molar refractivity (Wildman–Crippen MR) is 79.4 cm³/mol. The fourth-order valence-electron chi connectivity index (χ4n) is 2.21. The molecule has 0 fully saturated rings. The molecule has 0 aliphatic rings.